The van der Waals surface area contributed by atoms with Crippen molar-refractivity contribution in [3.8, 4) is 5.75 Å². The summed E-state index contributed by atoms with van der Waals surface area (Å²) in [4.78, 5) is 11.9. The van der Waals surface area contributed by atoms with Crippen molar-refractivity contribution >= 4 is 17.5 Å². The molecular weight excluding hydrogens is 378 g/mol. The topological polar surface area (TPSA) is 79.6 Å². The fraction of sp³-hybridized carbons (Fsp3) is 0.500. The Hall–Kier alpha value is -2.87. The van der Waals surface area contributed by atoms with E-state index in [0.717, 1.165) is 48.1 Å². The summed E-state index contributed by atoms with van der Waals surface area (Å²) in [6.45, 7) is 9.46. The van der Waals surface area contributed by atoms with Crippen molar-refractivity contribution in [3.63, 3.8) is 0 Å². The molecule has 2 aromatic heterocycles. The number of fused-ring (bicyclic) bond motifs is 1. The number of methoxy groups -OCH3 is 1. The van der Waals surface area contributed by atoms with Crippen LogP contribution >= 0.6 is 0 Å². The molecular formula is C22H31N7O. The SMILES string of the molecule is COc1cccc(C(C)Nc2nc(N(C)CC3CNC3)nc3c(C(C)C)cnn23)c1. The summed E-state index contributed by atoms with van der Waals surface area (Å²) >= 11 is 0. The number of hydrogen-bond donors (Lipinski definition) is 2. The van der Waals surface area contributed by atoms with E-state index in [1.165, 1.54) is 0 Å². The van der Waals surface area contributed by atoms with E-state index in [-0.39, 0.29) is 6.04 Å². The van der Waals surface area contributed by atoms with Crippen LogP contribution in [0.3, 0.4) is 0 Å². The van der Waals surface area contributed by atoms with E-state index in [1.54, 1.807) is 7.11 Å². The first kappa shape index (κ1) is 20.4. The van der Waals surface area contributed by atoms with Crippen molar-refractivity contribution in [2.45, 2.75) is 32.7 Å². The molecule has 0 aliphatic carbocycles. The van der Waals surface area contributed by atoms with E-state index >= 15 is 0 Å². The summed E-state index contributed by atoms with van der Waals surface area (Å²) in [7, 11) is 3.74. The molecule has 3 heterocycles. The Balaban J connectivity index is 1.69. The van der Waals surface area contributed by atoms with Gasteiger partial charge in [0.2, 0.25) is 11.9 Å². The largest absolute Gasteiger partial charge is 0.497 e. The van der Waals surface area contributed by atoms with Gasteiger partial charge in [-0.1, -0.05) is 26.0 Å². The van der Waals surface area contributed by atoms with Crippen LogP contribution in [-0.2, 0) is 0 Å². The van der Waals surface area contributed by atoms with Crippen LogP contribution < -0.4 is 20.3 Å². The van der Waals surface area contributed by atoms with Gasteiger partial charge in [0.05, 0.1) is 19.3 Å². The molecule has 1 atom stereocenters. The van der Waals surface area contributed by atoms with E-state index < -0.39 is 0 Å². The van der Waals surface area contributed by atoms with Gasteiger partial charge < -0.3 is 20.3 Å². The summed E-state index contributed by atoms with van der Waals surface area (Å²) in [5.41, 5.74) is 3.09. The van der Waals surface area contributed by atoms with Crippen molar-refractivity contribution in [2.24, 2.45) is 5.92 Å². The van der Waals surface area contributed by atoms with Gasteiger partial charge in [0.25, 0.3) is 0 Å². The van der Waals surface area contributed by atoms with E-state index in [1.807, 2.05) is 28.9 Å². The van der Waals surface area contributed by atoms with Crippen LogP contribution in [0.15, 0.2) is 30.5 Å². The monoisotopic (exact) mass is 409 g/mol. The molecule has 3 aromatic rings. The lowest BCUT2D eigenvalue weighted by atomic mass is 10.0. The molecule has 2 N–H and O–H groups in total. The lowest BCUT2D eigenvalue weighted by Crippen LogP contribution is -2.47. The van der Waals surface area contributed by atoms with Crippen molar-refractivity contribution in [1.29, 1.82) is 0 Å². The van der Waals surface area contributed by atoms with Gasteiger partial charge in [0, 0.05) is 38.2 Å². The molecule has 1 saturated heterocycles. The second kappa shape index (κ2) is 8.47. The van der Waals surface area contributed by atoms with Crippen LogP contribution in [0.5, 0.6) is 5.75 Å². The minimum atomic E-state index is 0.0267. The molecule has 1 aliphatic rings. The predicted octanol–water partition coefficient (Wildman–Crippen LogP) is 3.09. The quantitative estimate of drug-likeness (QED) is 0.592. The number of rotatable bonds is 8. The lowest BCUT2D eigenvalue weighted by molar-refractivity contribution is 0.352. The van der Waals surface area contributed by atoms with Gasteiger partial charge >= 0.3 is 0 Å². The Bertz CT molecular complexity index is 1010. The smallest absolute Gasteiger partial charge is 0.230 e. The number of hydrogen-bond acceptors (Lipinski definition) is 7. The first-order valence-electron chi connectivity index (χ1n) is 10.5. The van der Waals surface area contributed by atoms with Crippen LogP contribution in [0.25, 0.3) is 5.65 Å². The second-order valence-electron chi connectivity index (χ2n) is 8.38. The Morgan fingerprint density at radius 3 is 2.73 bits per heavy atom. The Labute approximate surface area is 177 Å². The standard InChI is InChI=1S/C22H31N7O/c1-14(2)19-12-24-29-20(19)26-21(28(4)13-16-10-23-11-16)27-22(29)25-15(3)17-7-6-8-18(9-17)30-5/h6-9,12,14-16,23H,10-11,13H2,1-5H3,(H,25,26,27). The Morgan fingerprint density at radius 1 is 1.27 bits per heavy atom. The van der Waals surface area contributed by atoms with Crippen LogP contribution in [-0.4, -0.2) is 53.4 Å². The molecule has 8 nitrogen and oxygen atoms in total. The molecule has 1 aromatic carbocycles. The van der Waals surface area contributed by atoms with Crippen molar-refractivity contribution in [3.05, 3.63) is 41.6 Å². The number of aromatic nitrogens is 4. The molecule has 0 amide bonds. The fourth-order valence-electron chi connectivity index (χ4n) is 3.69. The van der Waals surface area contributed by atoms with Gasteiger partial charge in [0.15, 0.2) is 5.65 Å². The van der Waals surface area contributed by atoms with Gasteiger partial charge in [0.1, 0.15) is 5.75 Å². The maximum Gasteiger partial charge on any atom is 0.230 e. The third-order valence-corrected chi connectivity index (χ3v) is 5.68. The number of nitrogens with zero attached hydrogens (tertiary/aromatic N) is 5. The number of anilines is 2. The molecule has 0 saturated carbocycles. The maximum absolute atomic E-state index is 5.38. The first-order chi connectivity index (χ1) is 14.5. The molecule has 1 aliphatic heterocycles. The molecule has 0 spiro atoms. The highest BCUT2D eigenvalue weighted by Gasteiger charge is 2.22. The van der Waals surface area contributed by atoms with Crippen molar-refractivity contribution < 1.29 is 4.74 Å². The van der Waals surface area contributed by atoms with Gasteiger partial charge in [-0.2, -0.15) is 19.6 Å². The summed E-state index contributed by atoms with van der Waals surface area (Å²) in [5, 5.41) is 11.4. The van der Waals surface area contributed by atoms with Gasteiger partial charge in [-0.3, -0.25) is 0 Å². The second-order valence-corrected chi connectivity index (χ2v) is 8.38. The van der Waals surface area contributed by atoms with Crippen molar-refractivity contribution in [1.82, 2.24) is 24.9 Å². The minimum Gasteiger partial charge on any atom is -0.497 e. The minimum absolute atomic E-state index is 0.0267. The first-order valence-corrected chi connectivity index (χ1v) is 10.5. The van der Waals surface area contributed by atoms with Crippen molar-refractivity contribution in [2.75, 3.05) is 44.0 Å². The molecule has 4 rings (SSSR count). The van der Waals surface area contributed by atoms with Crippen LogP contribution in [0, 0.1) is 5.92 Å². The zero-order chi connectivity index (χ0) is 21.3. The highest BCUT2D eigenvalue weighted by Crippen LogP contribution is 2.26. The number of ether oxygens (including phenoxy) is 1. The molecule has 1 fully saturated rings. The Morgan fingerprint density at radius 2 is 2.07 bits per heavy atom. The predicted molar refractivity (Wildman–Crippen MR) is 120 cm³/mol. The lowest BCUT2D eigenvalue weighted by Gasteiger charge is -2.31. The summed E-state index contributed by atoms with van der Waals surface area (Å²) < 4.78 is 7.19. The third kappa shape index (κ3) is 4.05. The van der Waals surface area contributed by atoms with Crippen LogP contribution in [0.1, 0.15) is 43.9 Å². The highest BCUT2D eigenvalue weighted by atomic mass is 16.5. The number of benzene rings is 1. The molecule has 1 unspecified atom stereocenters. The van der Waals surface area contributed by atoms with Gasteiger partial charge in [-0.25, -0.2) is 0 Å². The van der Waals surface area contributed by atoms with Crippen LogP contribution in [0.4, 0.5) is 11.9 Å². The van der Waals surface area contributed by atoms with Crippen LogP contribution in [0.2, 0.25) is 0 Å². The van der Waals surface area contributed by atoms with Gasteiger partial charge in [-0.15, -0.1) is 0 Å². The third-order valence-electron chi connectivity index (χ3n) is 5.68. The normalized spacial score (nSPS) is 15.3. The number of nitrogens with one attached hydrogen (secondary N) is 2. The maximum atomic E-state index is 5.38. The average molecular weight is 410 g/mol. The molecule has 0 bridgehead atoms. The summed E-state index contributed by atoms with van der Waals surface area (Å²) in [6.07, 6.45) is 1.90. The Kier molecular flexibility index (Phi) is 5.76. The van der Waals surface area contributed by atoms with E-state index in [4.69, 9.17) is 14.7 Å². The average Bonchev–Trinajstić information content (AvgIpc) is 3.15. The van der Waals surface area contributed by atoms with Gasteiger partial charge in [-0.05, 0) is 30.5 Å². The molecule has 30 heavy (non-hydrogen) atoms. The van der Waals surface area contributed by atoms with E-state index in [2.05, 4.69) is 54.5 Å². The van der Waals surface area contributed by atoms with E-state index in [9.17, 15) is 0 Å². The zero-order valence-corrected chi connectivity index (χ0v) is 18.4. The fourth-order valence-corrected chi connectivity index (χ4v) is 3.69. The van der Waals surface area contributed by atoms with E-state index in [0.29, 0.717) is 17.8 Å². The summed E-state index contributed by atoms with van der Waals surface area (Å²) in [6, 6.07) is 8.09. The highest BCUT2D eigenvalue weighted by molar-refractivity contribution is 5.56. The zero-order valence-electron chi connectivity index (χ0n) is 18.4. The molecule has 0 radical (unpaired) electrons. The molecule has 8 heteroatoms. The summed E-state index contributed by atoms with van der Waals surface area (Å²) in [5.74, 6) is 3.21. The molecule has 160 valence electrons.